The first-order chi connectivity index (χ1) is 9.15. The second-order valence-electron chi connectivity index (χ2n) is 4.69. The predicted molar refractivity (Wildman–Crippen MR) is 76.1 cm³/mol. The topological polar surface area (TPSA) is 33.1 Å². The second kappa shape index (κ2) is 3.86. The molecule has 3 nitrogen and oxygen atoms in total. The minimum atomic E-state index is 0.506. The third-order valence-electron chi connectivity index (χ3n) is 3.50. The lowest BCUT2D eigenvalue weighted by Crippen LogP contribution is -1.86. The van der Waals surface area contributed by atoms with Crippen molar-refractivity contribution >= 4 is 27.5 Å². The van der Waals surface area contributed by atoms with Crippen molar-refractivity contribution < 1.29 is 0 Å². The summed E-state index contributed by atoms with van der Waals surface area (Å²) in [4.78, 5) is 3.44. The molecule has 2 aromatic carbocycles. The molecule has 0 aliphatic rings. The quantitative estimate of drug-likeness (QED) is 0.550. The molecule has 3 heteroatoms. The van der Waals surface area contributed by atoms with Crippen LogP contribution in [-0.2, 0) is 7.05 Å². The molecule has 3 rings (SSSR count). The fourth-order valence-electron chi connectivity index (χ4n) is 2.58. The van der Waals surface area contributed by atoms with E-state index in [0.29, 0.717) is 11.3 Å². The van der Waals surface area contributed by atoms with Crippen molar-refractivity contribution in [1.29, 1.82) is 5.26 Å². The molecule has 0 N–H and O–H groups in total. The van der Waals surface area contributed by atoms with E-state index in [-0.39, 0.29) is 0 Å². The molecule has 19 heavy (non-hydrogen) atoms. The molecule has 0 aliphatic carbocycles. The van der Waals surface area contributed by atoms with Crippen molar-refractivity contribution in [2.24, 2.45) is 7.05 Å². The zero-order chi connectivity index (χ0) is 13.6. The van der Waals surface area contributed by atoms with Crippen LogP contribution in [0.5, 0.6) is 0 Å². The SMILES string of the molecule is [C-]#[N+]c1cc(C#N)c2c3cc(C)ccc3n(C)c2c1. The molecule has 0 fully saturated rings. The van der Waals surface area contributed by atoms with E-state index in [1.54, 1.807) is 6.07 Å². The first-order valence-electron chi connectivity index (χ1n) is 5.96. The molecule has 0 saturated heterocycles. The van der Waals surface area contributed by atoms with Gasteiger partial charge in [-0.15, -0.1) is 0 Å². The Morgan fingerprint density at radius 2 is 2.00 bits per heavy atom. The van der Waals surface area contributed by atoms with Crippen molar-refractivity contribution in [3.05, 3.63) is 52.9 Å². The van der Waals surface area contributed by atoms with E-state index in [9.17, 15) is 5.26 Å². The molecule has 0 radical (unpaired) electrons. The first kappa shape index (κ1) is 11.3. The number of aromatic nitrogens is 1. The van der Waals surface area contributed by atoms with Crippen LogP contribution in [0.2, 0.25) is 0 Å². The molecule has 1 aromatic heterocycles. The predicted octanol–water partition coefficient (Wildman–Crippen LogP) is 4.06. The molecule has 0 amide bonds. The van der Waals surface area contributed by atoms with Crippen molar-refractivity contribution in [3.63, 3.8) is 0 Å². The molecule has 90 valence electrons. The van der Waals surface area contributed by atoms with E-state index in [1.807, 2.05) is 24.6 Å². The summed E-state index contributed by atoms with van der Waals surface area (Å²) in [5, 5.41) is 11.3. The van der Waals surface area contributed by atoms with Gasteiger partial charge in [-0.1, -0.05) is 11.6 Å². The largest absolute Gasteiger partial charge is 0.345 e. The number of hydrogen-bond donors (Lipinski definition) is 0. The van der Waals surface area contributed by atoms with E-state index in [2.05, 4.69) is 29.1 Å². The van der Waals surface area contributed by atoms with Gasteiger partial charge in [-0.2, -0.15) is 5.26 Å². The third-order valence-corrected chi connectivity index (χ3v) is 3.50. The minimum Gasteiger partial charge on any atom is -0.345 e. The standard InChI is InChI=1S/C16H11N3/c1-10-4-5-14-13(6-10)16-11(9-17)7-12(18-2)8-15(16)19(14)3/h4-8H,1,3H3. The van der Waals surface area contributed by atoms with Crippen LogP contribution < -0.4 is 0 Å². The van der Waals surface area contributed by atoms with Gasteiger partial charge in [0, 0.05) is 28.9 Å². The summed E-state index contributed by atoms with van der Waals surface area (Å²) in [7, 11) is 1.97. The van der Waals surface area contributed by atoms with Gasteiger partial charge in [-0.25, -0.2) is 4.85 Å². The maximum Gasteiger partial charge on any atom is 0.190 e. The van der Waals surface area contributed by atoms with Crippen LogP contribution in [0, 0.1) is 24.8 Å². The number of benzene rings is 2. The van der Waals surface area contributed by atoms with Gasteiger partial charge in [0.15, 0.2) is 5.69 Å². The van der Waals surface area contributed by atoms with Crippen molar-refractivity contribution in [3.8, 4) is 6.07 Å². The van der Waals surface area contributed by atoms with E-state index in [4.69, 9.17) is 6.57 Å². The van der Waals surface area contributed by atoms with Crippen LogP contribution in [0.1, 0.15) is 11.1 Å². The Morgan fingerprint density at radius 1 is 1.21 bits per heavy atom. The lowest BCUT2D eigenvalue weighted by molar-refractivity contribution is 1.01. The molecule has 0 unspecified atom stereocenters. The van der Waals surface area contributed by atoms with Gasteiger partial charge in [0.05, 0.1) is 18.2 Å². The van der Waals surface area contributed by atoms with Crippen molar-refractivity contribution in [1.82, 2.24) is 4.57 Å². The van der Waals surface area contributed by atoms with Crippen LogP contribution in [0.3, 0.4) is 0 Å². The van der Waals surface area contributed by atoms with Gasteiger partial charge in [0.25, 0.3) is 0 Å². The van der Waals surface area contributed by atoms with E-state index < -0.39 is 0 Å². The van der Waals surface area contributed by atoms with E-state index in [1.165, 1.54) is 0 Å². The maximum absolute atomic E-state index is 9.33. The Morgan fingerprint density at radius 3 is 2.68 bits per heavy atom. The smallest absolute Gasteiger partial charge is 0.190 e. The second-order valence-corrected chi connectivity index (χ2v) is 4.69. The minimum absolute atomic E-state index is 0.506. The van der Waals surface area contributed by atoms with Crippen LogP contribution in [0.15, 0.2) is 30.3 Å². The van der Waals surface area contributed by atoms with Gasteiger partial charge < -0.3 is 4.57 Å². The first-order valence-corrected chi connectivity index (χ1v) is 5.96. The molecule has 0 spiro atoms. The number of rotatable bonds is 0. The molecule has 3 aromatic rings. The summed E-state index contributed by atoms with van der Waals surface area (Å²) in [6.45, 7) is 9.18. The molecule has 0 aliphatic heterocycles. The van der Waals surface area contributed by atoms with Gasteiger partial charge in [0.2, 0.25) is 0 Å². The Balaban J connectivity index is 2.64. The summed E-state index contributed by atoms with van der Waals surface area (Å²) in [5.41, 5.74) is 4.26. The third kappa shape index (κ3) is 1.49. The highest BCUT2D eigenvalue weighted by Gasteiger charge is 2.13. The Bertz CT molecular complexity index is 902. The summed E-state index contributed by atoms with van der Waals surface area (Å²) in [6, 6.07) is 11.9. The van der Waals surface area contributed by atoms with Crippen molar-refractivity contribution in [2.45, 2.75) is 6.92 Å². The number of fused-ring (bicyclic) bond motifs is 3. The van der Waals surface area contributed by atoms with Gasteiger partial charge in [-0.3, -0.25) is 0 Å². The average Bonchev–Trinajstić information content (AvgIpc) is 2.71. The Hall–Kier alpha value is -2.78. The van der Waals surface area contributed by atoms with E-state index in [0.717, 1.165) is 27.4 Å². The summed E-state index contributed by atoms with van der Waals surface area (Å²) in [5.74, 6) is 0. The molecule has 0 atom stereocenters. The average molecular weight is 245 g/mol. The van der Waals surface area contributed by atoms with E-state index >= 15 is 0 Å². The highest BCUT2D eigenvalue weighted by molar-refractivity contribution is 6.11. The van der Waals surface area contributed by atoms with Gasteiger partial charge in [0.1, 0.15) is 0 Å². The Labute approximate surface area is 111 Å². The zero-order valence-corrected chi connectivity index (χ0v) is 10.7. The molecule has 0 bridgehead atoms. The van der Waals surface area contributed by atoms with Gasteiger partial charge >= 0.3 is 0 Å². The Kier molecular flexibility index (Phi) is 2.30. The fraction of sp³-hybridized carbons (Fsp3) is 0.125. The number of nitriles is 1. The molecule has 1 heterocycles. The molecule has 0 saturated carbocycles. The molecular formula is C16H11N3. The van der Waals surface area contributed by atoms with Crippen LogP contribution in [-0.4, -0.2) is 4.57 Å². The number of nitrogens with zero attached hydrogens (tertiary/aromatic N) is 3. The fourth-order valence-corrected chi connectivity index (χ4v) is 2.58. The summed E-state index contributed by atoms with van der Waals surface area (Å²) >= 11 is 0. The van der Waals surface area contributed by atoms with Crippen molar-refractivity contribution in [2.75, 3.05) is 0 Å². The summed E-state index contributed by atoms with van der Waals surface area (Å²) in [6.07, 6.45) is 0. The maximum atomic E-state index is 9.33. The normalized spacial score (nSPS) is 10.5. The highest BCUT2D eigenvalue weighted by atomic mass is 14.9. The van der Waals surface area contributed by atoms with Crippen LogP contribution >= 0.6 is 0 Å². The highest BCUT2D eigenvalue weighted by Crippen LogP contribution is 2.34. The summed E-state index contributed by atoms with van der Waals surface area (Å²) < 4.78 is 2.04. The van der Waals surface area contributed by atoms with Crippen LogP contribution in [0.25, 0.3) is 26.7 Å². The molecular weight excluding hydrogens is 234 g/mol. The lowest BCUT2D eigenvalue weighted by Gasteiger charge is -1.99. The van der Waals surface area contributed by atoms with Crippen LogP contribution in [0.4, 0.5) is 5.69 Å². The monoisotopic (exact) mass is 245 g/mol. The van der Waals surface area contributed by atoms with Gasteiger partial charge in [-0.05, 0) is 31.2 Å². The zero-order valence-electron chi connectivity index (χ0n) is 10.7. The number of hydrogen-bond acceptors (Lipinski definition) is 1. The lowest BCUT2D eigenvalue weighted by atomic mass is 10.1. The number of aryl methyl sites for hydroxylation is 2.